The van der Waals surface area contributed by atoms with Crippen molar-refractivity contribution in [2.75, 3.05) is 5.32 Å². The van der Waals surface area contributed by atoms with Gasteiger partial charge in [0.1, 0.15) is 0 Å². The molecule has 0 amide bonds. The lowest BCUT2D eigenvalue weighted by Crippen LogP contribution is -2.01. The molecule has 16 heavy (non-hydrogen) atoms. The maximum Gasteiger partial charge on any atom is 0.0426 e. The third-order valence-corrected chi connectivity index (χ3v) is 2.64. The van der Waals surface area contributed by atoms with Crippen molar-refractivity contribution >= 4 is 17.3 Å². The smallest absolute Gasteiger partial charge is 0.0426 e. The topological polar surface area (TPSA) is 24.9 Å². The zero-order valence-corrected chi connectivity index (χ0v) is 9.83. The van der Waals surface area contributed by atoms with Gasteiger partial charge in [-0.15, -0.1) is 0 Å². The Balaban J connectivity index is 2.08. The number of benzene rings is 1. The summed E-state index contributed by atoms with van der Waals surface area (Å²) in [6, 6.07) is 9.81. The lowest BCUT2D eigenvalue weighted by atomic mass is 10.2. The zero-order valence-electron chi connectivity index (χ0n) is 9.07. The molecule has 0 bridgehead atoms. The summed E-state index contributed by atoms with van der Waals surface area (Å²) < 4.78 is 0. The lowest BCUT2D eigenvalue weighted by molar-refractivity contribution is 1.11. The van der Waals surface area contributed by atoms with Crippen LogP contribution in [0.3, 0.4) is 0 Å². The molecule has 2 aromatic rings. The fourth-order valence-electron chi connectivity index (χ4n) is 1.48. The molecule has 1 aromatic heterocycles. The van der Waals surface area contributed by atoms with Crippen molar-refractivity contribution < 1.29 is 0 Å². The van der Waals surface area contributed by atoms with Crippen LogP contribution >= 0.6 is 11.6 Å². The number of aromatic nitrogens is 1. The van der Waals surface area contributed by atoms with Gasteiger partial charge in [-0.2, -0.15) is 0 Å². The summed E-state index contributed by atoms with van der Waals surface area (Å²) in [6.45, 7) is 2.82. The number of pyridine rings is 1. The fraction of sp³-hybridized carbons (Fsp3) is 0.154. The van der Waals surface area contributed by atoms with Gasteiger partial charge in [-0.05, 0) is 36.2 Å². The van der Waals surface area contributed by atoms with E-state index in [1.165, 1.54) is 5.56 Å². The number of hydrogen-bond donors (Lipinski definition) is 1. The van der Waals surface area contributed by atoms with E-state index in [1.54, 1.807) is 6.20 Å². The third kappa shape index (κ3) is 2.74. The highest BCUT2D eigenvalue weighted by molar-refractivity contribution is 6.30. The summed E-state index contributed by atoms with van der Waals surface area (Å²) in [5, 5.41) is 4.09. The first kappa shape index (κ1) is 11.0. The van der Waals surface area contributed by atoms with E-state index in [9.17, 15) is 0 Å². The molecular formula is C13H13ClN2. The van der Waals surface area contributed by atoms with E-state index in [0.29, 0.717) is 0 Å². The van der Waals surface area contributed by atoms with Gasteiger partial charge in [-0.25, -0.2) is 0 Å². The molecule has 0 saturated heterocycles. The monoisotopic (exact) mass is 232 g/mol. The van der Waals surface area contributed by atoms with E-state index in [-0.39, 0.29) is 0 Å². The Hall–Kier alpha value is -1.54. The summed E-state index contributed by atoms with van der Waals surface area (Å²) in [6.07, 6.45) is 3.63. The molecule has 0 spiro atoms. The average molecular weight is 233 g/mol. The molecule has 0 unspecified atom stereocenters. The Kier molecular flexibility index (Phi) is 3.42. The first-order valence-electron chi connectivity index (χ1n) is 5.14. The summed E-state index contributed by atoms with van der Waals surface area (Å²) in [5.74, 6) is 0. The van der Waals surface area contributed by atoms with Gasteiger partial charge in [0.05, 0.1) is 0 Å². The van der Waals surface area contributed by atoms with Crippen molar-refractivity contribution in [3.8, 4) is 0 Å². The maximum atomic E-state index is 5.95. The number of rotatable bonds is 3. The van der Waals surface area contributed by atoms with Crippen LogP contribution in [-0.4, -0.2) is 4.98 Å². The Morgan fingerprint density at radius 2 is 2.19 bits per heavy atom. The Morgan fingerprint density at radius 3 is 2.94 bits per heavy atom. The van der Waals surface area contributed by atoms with E-state index in [4.69, 9.17) is 11.6 Å². The van der Waals surface area contributed by atoms with Crippen molar-refractivity contribution in [1.29, 1.82) is 0 Å². The molecule has 0 aliphatic rings. The van der Waals surface area contributed by atoms with Crippen LogP contribution in [0.4, 0.5) is 5.69 Å². The highest BCUT2D eigenvalue weighted by Gasteiger charge is 1.99. The molecule has 1 heterocycles. The van der Waals surface area contributed by atoms with Gasteiger partial charge in [-0.3, -0.25) is 4.98 Å². The van der Waals surface area contributed by atoms with Crippen LogP contribution in [0.25, 0.3) is 0 Å². The SMILES string of the molecule is Cc1ccc(Cl)cc1NCc1cccnc1. The fourth-order valence-corrected chi connectivity index (χ4v) is 1.66. The normalized spacial score (nSPS) is 10.1. The quantitative estimate of drug-likeness (QED) is 0.874. The van der Waals surface area contributed by atoms with Crippen LogP contribution in [0, 0.1) is 6.92 Å². The van der Waals surface area contributed by atoms with E-state index in [0.717, 1.165) is 22.8 Å². The van der Waals surface area contributed by atoms with Crippen molar-refractivity contribution in [3.63, 3.8) is 0 Å². The first-order valence-corrected chi connectivity index (χ1v) is 5.52. The van der Waals surface area contributed by atoms with E-state index in [2.05, 4.69) is 17.2 Å². The predicted molar refractivity (Wildman–Crippen MR) is 67.8 cm³/mol. The molecule has 0 radical (unpaired) electrons. The number of hydrogen-bond acceptors (Lipinski definition) is 2. The molecule has 0 saturated carbocycles. The van der Waals surface area contributed by atoms with E-state index >= 15 is 0 Å². The van der Waals surface area contributed by atoms with E-state index < -0.39 is 0 Å². The molecule has 3 heteroatoms. The van der Waals surface area contributed by atoms with Gasteiger partial charge < -0.3 is 5.32 Å². The predicted octanol–water partition coefficient (Wildman–Crippen LogP) is 3.66. The molecule has 0 atom stereocenters. The van der Waals surface area contributed by atoms with Crippen molar-refractivity contribution in [3.05, 3.63) is 58.9 Å². The van der Waals surface area contributed by atoms with Crippen molar-refractivity contribution in [1.82, 2.24) is 4.98 Å². The van der Waals surface area contributed by atoms with E-state index in [1.807, 2.05) is 36.5 Å². The van der Waals surface area contributed by atoms with Crippen LogP contribution in [0.1, 0.15) is 11.1 Å². The minimum atomic E-state index is 0.749. The van der Waals surface area contributed by atoms with Crippen LogP contribution in [0.5, 0.6) is 0 Å². The van der Waals surface area contributed by atoms with Crippen molar-refractivity contribution in [2.45, 2.75) is 13.5 Å². The molecule has 0 fully saturated rings. The van der Waals surface area contributed by atoms with Crippen molar-refractivity contribution in [2.24, 2.45) is 0 Å². The van der Waals surface area contributed by atoms with Gasteiger partial charge >= 0.3 is 0 Å². The molecule has 0 aliphatic heterocycles. The highest BCUT2D eigenvalue weighted by Crippen LogP contribution is 2.20. The number of halogens is 1. The molecule has 0 aliphatic carbocycles. The Morgan fingerprint density at radius 1 is 1.31 bits per heavy atom. The van der Waals surface area contributed by atoms with Crippen LogP contribution in [0.2, 0.25) is 5.02 Å². The molecular weight excluding hydrogens is 220 g/mol. The Labute approximate surface area is 100 Å². The molecule has 2 rings (SSSR count). The second kappa shape index (κ2) is 4.99. The van der Waals surface area contributed by atoms with Crippen LogP contribution < -0.4 is 5.32 Å². The molecule has 1 N–H and O–H groups in total. The van der Waals surface area contributed by atoms with Gasteiger partial charge in [0, 0.05) is 29.6 Å². The number of aryl methyl sites for hydroxylation is 1. The number of anilines is 1. The summed E-state index contributed by atoms with van der Waals surface area (Å²) in [4.78, 5) is 4.07. The number of nitrogens with one attached hydrogen (secondary N) is 1. The highest BCUT2D eigenvalue weighted by atomic mass is 35.5. The minimum Gasteiger partial charge on any atom is -0.381 e. The average Bonchev–Trinajstić information content (AvgIpc) is 2.32. The second-order valence-corrected chi connectivity index (χ2v) is 4.11. The summed E-state index contributed by atoms with van der Waals surface area (Å²) >= 11 is 5.95. The summed E-state index contributed by atoms with van der Waals surface area (Å²) in [7, 11) is 0. The van der Waals surface area contributed by atoms with Crippen LogP contribution in [-0.2, 0) is 6.54 Å². The molecule has 82 valence electrons. The number of nitrogens with zero attached hydrogens (tertiary/aromatic N) is 1. The first-order chi connectivity index (χ1) is 7.75. The van der Waals surface area contributed by atoms with Crippen LogP contribution in [0.15, 0.2) is 42.7 Å². The standard InChI is InChI=1S/C13H13ClN2/c1-10-4-5-12(14)7-13(10)16-9-11-3-2-6-15-8-11/h2-8,16H,9H2,1H3. The Bertz CT molecular complexity index is 469. The summed E-state index contributed by atoms with van der Waals surface area (Å²) in [5.41, 5.74) is 3.41. The van der Waals surface area contributed by atoms with Gasteiger partial charge in [0.2, 0.25) is 0 Å². The minimum absolute atomic E-state index is 0.749. The third-order valence-electron chi connectivity index (χ3n) is 2.41. The molecule has 2 nitrogen and oxygen atoms in total. The maximum absolute atomic E-state index is 5.95. The van der Waals surface area contributed by atoms with Gasteiger partial charge in [0.25, 0.3) is 0 Å². The zero-order chi connectivity index (χ0) is 11.4. The largest absolute Gasteiger partial charge is 0.381 e. The second-order valence-electron chi connectivity index (χ2n) is 3.67. The van der Waals surface area contributed by atoms with Gasteiger partial charge in [0.15, 0.2) is 0 Å². The molecule has 1 aromatic carbocycles. The van der Waals surface area contributed by atoms with Gasteiger partial charge in [-0.1, -0.05) is 23.7 Å². The lowest BCUT2D eigenvalue weighted by Gasteiger charge is -2.09.